The third-order valence-electron chi connectivity index (χ3n) is 4.52. The van der Waals surface area contributed by atoms with Crippen LogP contribution in [0.15, 0.2) is 18.2 Å². The number of ether oxygens (including phenoxy) is 2. The highest BCUT2D eigenvalue weighted by atomic mass is 16.5. The fraction of sp³-hybridized carbons (Fsp3) is 0.588. The van der Waals surface area contributed by atoms with Crippen molar-refractivity contribution in [2.24, 2.45) is 5.73 Å². The highest BCUT2D eigenvalue weighted by Crippen LogP contribution is 2.33. The van der Waals surface area contributed by atoms with E-state index >= 15 is 0 Å². The summed E-state index contributed by atoms with van der Waals surface area (Å²) < 4.78 is 11.4. The Bertz CT molecular complexity index is 549. The molecule has 0 spiro atoms. The van der Waals surface area contributed by atoms with E-state index in [-0.39, 0.29) is 12.0 Å². The second-order valence-corrected chi connectivity index (χ2v) is 6.35. The van der Waals surface area contributed by atoms with Crippen molar-refractivity contribution in [2.45, 2.75) is 56.7 Å². The molecule has 0 saturated heterocycles. The summed E-state index contributed by atoms with van der Waals surface area (Å²) in [5, 5.41) is 2.90. The Labute approximate surface area is 131 Å². The van der Waals surface area contributed by atoms with Crippen molar-refractivity contribution in [3.63, 3.8) is 0 Å². The van der Waals surface area contributed by atoms with Crippen LogP contribution in [-0.2, 0) is 11.3 Å². The maximum absolute atomic E-state index is 11.9. The first kappa shape index (κ1) is 15.2. The first-order chi connectivity index (χ1) is 10.6. The van der Waals surface area contributed by atoms with Gasteiger partial charge in [-0.05, 0) is 56.2 Å². The van der Waals surface area contributed by atoms with Gasteiger partial charge in [0.05, 0.1) is 18.8 Å². The molecule has 0 bridgehead atoms. The largest absolute Gasteiger partial charge is 0.493 e. The van der Waals surface area contributed by atoms with E-state index in [9.17, 15) is 4.79 Å². The van der Waals surface area contributed by atoms with E-state index in [2.05, 4.69) is 5.32 Å². The van der Waals surface area contributed by atoms with E-state index in [1.165, 1.54) is 12.8 Å². The topological polar surface area (TPSA) is 73.6 Å². The molecular weight excluding hydrogens is 280 g/mol. The average Bonchev–Trinajstić information content (AvgIpc) is 3.07. The summed E-state index contributed by atoms with van der Waals surface area (Å²) in [6.07, 6.45) is 6.47. The number of nitrogens with one attached hydrogen (secondary N) is 1. The minimum absolute atomic E-state index is 0.0680. The minimum atomic E-state index is -0.629. The summed E-state index contributed by atoms with van der Waals surface area (Å²) in [4.78, 5) is 11.9. The van der Waals surface area contributed by atoms with E-state index in [1.54, 1.807) is 7.11 Å². The number of carbonyl (C=O) groups excluding carboxylic acids is 1. The lowest BCUT2D eigenvalue weighted by Crippen LogP contribution is -2.42. The van der Waals surface area contributed by atoms with Gasteiger partial charge in [0.15, 0.2) is 11.5 Å². The number of amides is 1. The number of hydrogen-bond donors (Lipinski definition) is 2. The molecule has 0 aliphatic heterocycles. The van der Waals surface area contributed by atoms with E-state index < -0.39 is 5.54 Å². The predicted octanol–water partition coefficient (Wildman–Crippen LogP) is 2.12. The molecule has 3 N–H and O–H groups in total. The van der Waals surface area contributed by atoms with Crippen LogP contribution in [-0.4, -0.2) is 24.7 Å². The van der Waals surface area contributed by atoms with Gasteiger partial charge in [-0.15, -0.1) is 0 Å². The van der Waals surface area contributed by atoms with Crippen molar-refractivity contribution in [1.29, 1.82) is 0 Å². The number of carbonyl (C=O) groups is 1. The van der Waals surface area contributed by atoms with E-state index in [0.717, 1.165) is 42.7 Å². The zero-order valence-electron chi connectivity index (χ0n) is 13.1. The number of nitrogens with two attached hydrogens (primary N) is 1. The van der Waals surface area contributed by atoms with Gasteiger partial charge in [0.25, 0.3) is 0 Å². The van der Waals surface area contributed by atoms with E-state index in [0.29, 0.717) is 6.54 Å². The van der Waals surface area contributed by atoms with Crippen molar-refractivity contribution < 1.29 is 14.3 Å². The molecule has 3 rings (SSSR count). The van der Waals surface area contributed by atoms with Crippen LogP contribution in [0.3, 0.4) is 0 Å². The Kier molecular flexibility index (Phi) is 4.25. The van der Waals surface area contributed by atoms with Gasteiger partial charge in [-0.25, -0.2) is 0 Å². The number of methoxy groups -OCH3 is 1. The molecule has 1 aromatic rings. The molecular formula is C17H24N2O3. The molecule has 22 heavy (non-hydrogen) atoms. The Morgan fingerprint density at radius 1 is 1.32 bits per heavy atom. The maximum atomic E-state index is 11.9. The predicted molar refractivity (Wildman–Crippen MR) is 83.9 cm³/mol. The molecule has 0 heterocycles. The first-order valence-corrected chi connectivity index (χ1v) is 8.01. The Morgan fingerprint density at radius 2 is 2.05 bits per heavy atom. The third-order valence-corrected chi connectivity index (χ3v) is 4.52. The van der Waals surface area contributed by atoms with Crippen molar-refractivity contribution in [3.8, 4) is 11.5 Å². The Hall–Kier alpha value is -1.75. The fourth-order valence-corrected chi connectivity index (χ4v) is 2.83. The van der Waals surface area contributed by atoms with Crippen molar-refractivity contribution in [3.05, 3.63) is 23.8 Å². The highest BCUT2D eigenvalue weighted by molar-refractivity contribution is 5.88. The van der Waals surface area contributed by atoms with Gasteiger partial charge in [0.1, 0.15) is 0 Å². The third kappa shape index (κ3) is 3.35. The maximum Gasteiger partial charge on any atom is 0.240 e. The lowest BCUT2D eigenvalue weighted by Gasteiger charge is -2.17. The molecule has 0 atom stereocenters. The van der Waals surface area contributed by atoms with E-state index in [1.807, 2.05) is 18.2 Å². The summed E-state index contributed by atoms with van der Waals surface area (Å²) in [6.45, 7) is 0.461. The summed E-state index contributed by atoms with van der Waals surface area (Å²) >= 11 is 0. The zero-order valence-corrected chi connectivity index (χ0v) is 13.1. The summed E-state index contributed by atoms with van der Waals surface area (Å²) in [7, 11) is 1.64. The molecule has 5 nitrogen and oxygen atoms in total. The Morgan fingerprint density at radius 3 is 2.68 bits per heavy atom. The van der Waals surface area contributed by atoms with Crippen LogP contribution < -0.4 is 20.5 Å². The van der Waals surface area contributed by atoms with Gasteiger partial charge >= 0.3 is 0 Å². The van der Waals surface area contributed by atoms with Crippen LogP contribution in [0.25, 0.3) is 0 Å². The SMILES string of the molecule is COc1ccc(CNC(=O)C2(N)CC2)cc1OC1CCCC1. The van der Waals surface area contributed by atoms with Crippen LogP contribution in [0.5, 0.6) is 11.5 Å². The number of rotatable bonds is 6. The van der Waals surface area contributed by atoms with Crippen molar-refractivity contribution >= 4 is 5.91 Å². The lowest BCUT2D eigenvalue weighted by atomic mass is 10.2. The quantitative estimate of drug-likeness (QED) is 0.844. The van der Waals surface area contributed by atoms with Gasteiger partial charge in [-0.2, -0.15) is 0 Å². The second kappa shape index (κ2) is 6.16. The van der Waals surface area contributed by atoms with Gasteiger partial charge in [0, 0.05) is 6.54 Å². The fourth-order valence-electron chi connectivity index (χ4n) is 2.83. The normalized spacial score (nSPS) is 19.7. The molecule has 1 aromatic carbocycles. The van der Waals surface area contributed by atoms with Crippen LogP contribution in [0.1, 0.15) is 44.1 Å². The molecule has 120 valence electrons. The minimum Gasteiger partial charge on any atom is -0.493 e. The number of hydrogen-bond acceptors (Lipinski definition) is 4. The number of benzene rings is 1. The van der Waals surface area contributed by atoms with Crippen LogP contribution in [0.4, 0.5) is 0 Å². The van der Waals surface area contributed by atoms with Gasteiger partial charge < -0.3 is 20.5 Å². The molecule has 0 unspecified atom stereocenters. The summed E-state index contributed by atoms with van der Waals surface area (Å²) in [6, 6.07) is 5.78. The Balaban J connectivity index is 1.65. The average molecular weight is 304 g/mol. The van der Waals surface area contributed by atoms with Crippen molar-refractivity contribution in [1.82, 2.24) is 5.32 Å². The smallest absolute Gasteiger partial charge is 0.240 e. The second-order valence-electron chi connectivity index (χ2n) is 6.35. The van der Waals surface area contributed by atoms with E-state index in [4.69, 9.17) is 15.2 Å². The summed E-state index contributed by atoms with van der Waals surface area (Å²) in [5.41, 5.74) is 6.24. The molecule has 2 aliphatic carbocycles. The molecule has 2 fully saturated rings. The highest BCUT2D eigenvalue weighted by Gasteiger charge is 2.45. The molecule has 2 aliphatic rings. The molecule has 0 radical (unpaired) electrons. The van der Waals surface area contributed by atoms with Crippen LogP contribution in [0.2, 0.25) is 0 Å². The van der Waals surface area contributed by atoms with Crippen molar-refractivity contribution in [2.75, 3.05) is 7.11 Å². The molecule has 0 aromatic heterocycles. The zero-order chi connectivity index (χ0) is 15.6. The van der Waals surface area contributed by atoms with Gasteiger partial charge in [-0.1, -0.05) is 6.07 Å². The van der Waals surface area contributed by atoms with Gasteiger partial charge in [0.2, 0.25) is 5.91 Å². The lowest BCUT2D eigenvalue weighted by molar-refractivity contribution is -0.123. The van der Waals surface area contributed by atoms with Gasteiger partial charge in [-0.3, -0.25) is 4.79 Å². The van der Waals surface area contributed by atoms with Crippen LogP contribution in [0, 0.1) is 0 Å². The molecule has 1 amide bonds. The molecule has 5 heteroatoms. The molecule has 2 saturated carbocycles. The monoisotopic (exact) mass is 304 g/mol. The first-order valence-electron chi connectivity index (χ1n) is 8.01. The summed E-state index contributed by atoms with van der Waals surface area (Å²) in [5.74, 6) is 1.43. The van der Waals surface area contributed by atoms with Crippen LogP contribution >= 0.6 is 0 Å². The standard InChI is InChI=1S/C17H24N2O3/c1-21-14-7-6-12(11-19-16(20)17(18)8-9-17)10-15(14)22-13-4-2-3-5-13/h6-7,10,13H,2-5,8-9,11,18H2,1H3,(H,19,20).